The van der Waals surface area contributed by atoms with Crippen molar-refractivity contribution in [1.82, 2.24) is 4.98 Å². The van der Waals surface area contributed by atoms with Crippen LogP contribution in [0.1, 0.15) is 19.4 Å². The highest BCUT2D eigenvalue weighted by Crippen LogP contribution is 1.96. The quantitative estimate of drug-likeness (QED) is 0.467. The number of aryl methyl sites for hydroxylation is 1. The van der Waals surface area contributed by atoms with Gasteiger partial charge in [-0.25, -0.2) is 4.98 Å². The molecule has 0 aliphatic rings. The van der Waals surface area contributed by atoms with E-state index in [1.54, 1.807) is 0 Å². The third-order valence-corrected chi connectivity index (χ3v) is 1.24. The van der Waals surface area contributed by atoms with Crippen molar-refractivity contribution in [3.63, 3.8) is 0 Å². The summed E-state index contributed by atoms with van der Waals surface area (Å²) in [5, 5.41) is 17.7. The highest BCUT2D eigenvalue weighted by Gasteiger charge is 2.13. The SMILES string of the molecule is [2H]C([2H])([2H])C([2H])([2H])c1cc(B(O)O)cc(F)n1. The summed E-state index contributed by atoms with van der Waals surface area (Å²) in [6.07, 6.45) is -2.88. The standard InChI is InChI=1S/C7H9BFNO2/c1-2-6-3-5(8(11)12)4-7(9)10-6/h3-4,11-12H,2H2,1H3/i1D3,2D2. The minimum Gasteiger partial charge on any atom is -0.423 e. The zero-order valence-electron chi connectivity index (χ0n) is 11.0. The number of rotatable bonds is 2. The van der Waals surface area contributed by atoms with Gasteiger partial charge in [0.1, 0.15) is 0 Å². The van der Waals surface area contributed by atoms with E-state index in [1.165, 1.54) is 0 Å². The molecule has 3 nitrogen and oxygen atoms in total. The molecule has 1 aromatic rings. The van der Waals surface area contributed by atoms with Crippen molar-refractivity contribution >= 4 is 12.6 Å². The van der Waals surface area contributed by atoms with E-state index in [1.807, 2.05) is 0 Å². The summed E-state index contributed by atoms with van der Waals surface area (Å²) in [6.45, 7) is -3.04. The lowest BCUT2D eigenvalue weighted by Crippen LogP contribution is -2.31. The van der Waals surface area contributed by atoms with E-state index in [2.05, 4.69) is 4.98 Å². The summed E-state index contributed by atoms with van der Waals surface area (Å²) >= 11 is 0. The molecule has 12 heavy (non-hydrogen) atoms. The lowest BCUT2D eigenvalue weighted by molar-refractivity contribution is 0.425. The molecule has 0 spiro atoms. The first-order valence-electron chi connectivity index (χ1n) is 5.60. The highest BCUT2D eigenvalue weighted by atomic mass is 19.1. The van der Waals surface area contributed by atoms with Crippen LogP contribution in [0.15, 0.2) is 12.1 Å². The predicted octanol–water partition coefficient (Wildman–Crippen LogP) is -0.537. The third-order valence-electron chi connectivity index (χ3n) is 1.24. The molecule has 0 fully saturated rings. The number of hydrogen-bond acceptors (Lipinski definition) is 3. The number of halogens is 1. The summed E-state index contributed by atoms with van der Waals surface area (Å²) in [4.78, 5) is 3.13. The molecule has 5 heteroatoms. The van der Waals surface area contributed by atoms with Crippen molar-refractivity contribution in [1.29, 1.82) is 0 Å². The monoisotopic (exact) mass is 174 g/mol. The van der Waals surface area contributed by atoms with Gasteiger partial charge >= 0.3 is 7.12 Å². The van der Waals surface area contributed by atoms with Crippen molar-refractivity contribution in [2.45, 2.75) is 13.2 Å². The minimum absolute atomic E-state index is 0.361. The van der Waals surface area contributed by atoms with Gasteiger partial charge in [-0.05, 0) is 24.0 Å². The van der Waals surface area contributed by atoms with Crippen LogP contribution < -0.4 is 5.46 Å². The van der Waals surface area contributed by atoms with Gasteiger partial charge in [0.25, 0.3) is 0 Å². The number of hydrogen-bond donors (Lipinski definition) is 2. The summed E-state index contributed by atoms with van der Waals surface area (Å²) in [7, 11) is -2.03. The molecule has 1 aromatic heterocycles. The Labute approximate surface area is 77.1 Å². The second kappa shape index (κ2) is 3.64. The minimum atomic E-state index is -3.04. The van der Waals surface area contributed by atoms with Crippen molar-refractivity contribution < 1.29 is 21.3 Å². The Hall–Kier alpha value is -0.935. The van der Waals surface area contributed by atoms with Crippen LogP contribution in [0.4, 0.5) is 4.39 Å². The Kier molecular flexibility index (Phi) is 1.32. The summed E-state index contributed by atoms with van der Waals surface area (Å²) < 4.78 is 48.7. The fourth-order valence-corrected chi connectivity index (χ4v) is 0.730. The van der Waals surface area contributed by atoms with Crippen LogP contribution in [0.5, 0.6) is 0 Å². The molecule has 0 aliphatic heterocycles. The Morgan fingerprint density at radius 2 is 2.50 bits per heavy atom. The fraction of sp³-hybridized carbons (Fsp3) is 0.286. The topological polar surface area (TPSA) is 53.4 Å². The van der Waals surface area contributed by atoms with Crippen LogP contribution >= 0.6 is 0 Å². The molecule has 2 N–H and O–H groups in total. The van der Waals surface area contributed by atoms with E-state index in [9.17, 15) is 4.39 Å². The molecule has 64 valence electrons. The van der Waals surface area contributed by atoms with E-state index in [0.717, 1.165) is 6.07 Å². The molecule has 0 atom stereocenters. The Morgan fingerprint density at radius 1 is 1.75 bits per heavy atom. The van der Waals surface area contributed by atoms with Crippen molar-refractivity contribution in [2.75, 3.05) is 0 Å². The first-order valence-corrected chi connectivity index (χ1v) is 3.10. The lowest BCUT2D eigenvalue weighted by Gasteiger charge is -2.01. The molecule has 0 radical (unpaired) electrons. The van der Waals surface area contributed by atoms with Gasteiger partial charge in [0, 0.05) is 12.5 Å². The zero-order valence-corrected chi connectivity index (χ0v) is 5.95. The van der Waals surface area contributed by atoms with Gasteiger partial charge in [0.05, 0.1) is 0 Å². The molecule has 1 rings (SSSR count). The van der Waals surface area contributed by atoms with Crippen molar-refractivity contribution in [3.8, 4) is 0 Å². The van der Waals surface area contributed by atoms with Crippen LogP contribution in [0.2, 0.25) is 0 Å². The maximum absolute atomic E-state index is 13.0. The number of pyridine rings is 1. The van der Waals surface area contributed by atoms with Crippen LogP contribution in [0, 0.1) is 5.95 Å². The zero-order chi connectivity index (χ0) is 13.4. The molecule has 0 saturated carbocycles. The van der Waals surface area contributed by atoms with E-state index in [4.69, 9.17) is 16.9 Å². The molecule has 0 saturated heterocycles. The third kappa shape index (κ3) is 2.02. The van der Waals surface area contributed by atoms with E-state index < -0.39 is 32.0 Å². The van der Waals surface area contributed by atoms with Crippen LogP contribution in [0.25, 0.3) is 0 Å². The van der Waals surface area contributed by atoms with Crippen LogP contribution in [-0.2, 0) is 6.37 Å². The fourth-order valence-electron chi connectivity index (χ4n) is 0.730. The molecule has 1 heterocycles. The summed E-state index contributed by atoms with van der Waals surface area (Å²) in [5.74, 6) is -1.18. The van der Waals surface area contributed by atoms with Gasteiger partial charge in [-0.15, -0.1) is 0 Å². The molecule has 0 aromatic carbocycles. The van der Waals surface area contributed by atoms with Gasteiger partial charge in [-0.1, -0.05) is 6.85 Å². The highest BCUT2D eigenvalue weighted by molar-refractivity contribution is 6.58. The van der Waals surface area contributed by atoms with E-state index in [0.29, 0.717) is 6.07 Å². The summed E-state index contributed by atoms with van der Waals surface area (Å²) in [6, 6.07) is 1.49. The van der Waals surface area contributed by atoms with Gasteiger partial charge in [0.2, 0.25) is 5.95 Å². The Morgan fingerprint density at radius 3 is 3.08 bits per heavy atom. The van der Waals surface area contributed by atoms with Crippen LogP contribution in [0.3, 0.4) is 0 Å². The number of aromatic nitrogens is 1. The largest absolute Gasteiger partial charge is 0.488 e. The van der Waals surface area contributed by atoms with E-state index >= 15 is 0 Å². The molecule has 0 unspecified atom stereocenters. The second-order valence-electron chi connectivity index (χ2n) is 2.11. The Bertz CT molecular complexity index is 425. The molecular weight excluding hydrogens is 160 g/mol. The smallest absolute Gasteiger partial charge is 0.423 e. The second-order valence-corrected chi connectivity index (χ2v) is 2.11. The van der Waals surface area contributed by atoms with Gasteiger partial charge in [-0.2, -0.15) is 4.39 Å². The summed E-state index contributed by atoms with van der Waals surface area (Å²) in [5.41, 5.74) is -1.07. The average Bonchev–Trinajstić information content (AvgIpc) is 2.14. The van der Waals surface area contributed by atoms with Crippen LogP contribution in [-0.4, -0.2) is 22.2 Å². The first kappa shape index (κ1) is 4.34. The molecule has 0 amide bonds. The molecule has 0 bridgehead atoms. The molecule has 0 aliphatic carbocycles. The maximum atomic E-state index is 13.0. The Balaban J connectivity index is 3.32. The lowest BCUT2D eigenvalue weighted by atomic mass is 9.80. The first-order chi connectivity index (χ1) is 7.55. The number of nitrogens with zero attached hydrogens (tertiary/aromatic N) is 1. The van der Waals surface area contributed by atoms with Gasteiger partial charge < -0.3 is 10.0 Å². The van der Waals surface area contributed by atoms with Crippen molar-refractivity contribution in [2.24, 2.45) is 0 Å². The maximum Gasteiger partial charge on any atom is 0.488 e. The van der Waals surface area contributed by atoms with Gasteiger partial charge in [-0.3, -0.25) is 0 Å². The molecular formula is C7H9BFNO2. The van der Waals surface area contributed by atoms with E-state index in [-0.39, 0.29) is 5.46 Å². The van der Waals surface area contributed by atoms with Gasteiger partial charge in [0.15, 0.2) is 0 Å². The average molecular weight is 174 g/mol. The van der Waals surface area contributed by atoms with Crippen molar-refractivity contribution in [3.05, 3.63) is 23.8 Å². The normalized spacial score (nSPS) is 18.4. The predicted molar refractivity (Wildman–Crippen MR) is 43.4 cm³/mol.